The minimum Gasteiger partial charge on any atom is -0.465 e. The first kappa shape index (κ1) is 12.8. The van der Waals surface area contributed by atoms with Gasteiger partial charge in [-0.05, 0) is 19.1 Å². The zero-order valence-electron chi connectivity index (χ0n) is 10.9. The number of nitrogens with zero attached hydrogens (tertiary/aromatic N) is 2. The Bertz CT molecular complexity index is 807. The fraction of sp³-hybridized carbons (Fsp3) is 0.143. The fourth-order valence-corrected chi connectivity index (χ4v) is 3.00. The summed E-state index contributed by atoms with van der Waals surface area (Å²) < 4.78 is 20.3. The highest BCUT2D eigenvalue weighted by Gasteiger charge is 2.18. The Kier molecular flexibility index (Phi) is 3.02. The topological polar surface area (TPSA) is 43.6 Å². The van der Waals surface area contributed by atoms with E-state index in [1.54, 1.807) is 28.8 Å². The van der Waals surface area contributed by atoms with Gasteiger partial charge < -0.3 is 4.74 Å². The molecule has 6 heteroatoms. The summed E-state index contributed by atoms with van der Waals surface area (Å²) in [5.74, 6) is -0.707. The third-order valence-electron chi connectivity index (χ3n) is 3.08. The van der Waals surface area contributed by atoms with Crippen LogP contribution in [0.3, 0.4) is 0 Å². The maximum atomic E-state index is 13.8. The van der Waals surface area contributed by atoms with Gasteiger partial charge in [0.05, 0.1) is 12.8 Å². The Morgan fingerprint density at radius 3 is 2.80 bits per heavy atom. The molecule has 0 aliphatic rings. The molecule has 3 rings (SSSR count). The molecular weight excluding hydrogens is 279 g/mol. The van der Waals surface area contributed by atoms with Gasteiger partial charge >= 0.3 is 5.97 Å². The molecule has 2 heterocycles. The summed E-state index contributed by atoms with van der Waals surface area (Å²) in [4.78, 5) is 17.0. The molecule has 0 radical (unpaired) electrons. The molecule has 0 fully saturated rings. The summed E-state index contributed by atoms with van der Waals surface area (Å²) in [5.41, 5.74) is 1.84. The summed E-state index contributed by atoms with van der Waals surface area (Å²) in [6.07, 6.45) is 1.67. The van der Waals surface area contributed by atoms with Crippen LogP contribution in [0.4, 0.5) is 4.39 Å². The van der Waals surface area contributed by atoms with Gasteiger partial charge in [0.1, 0.15) is 10.7 Å². The number of halogens is 1. The van der Waals surface area contributed by atoms with Gasteiger partial charge in [0, 0.05) is 17.5 Å². The zero-order valence-corrected chi connectivity index (χ0v) is 11.7. The number of aryl methyl sites for hydroxylation is 1. The van der Waals surface area contributed by atoms with Gasteiger partial charge in [-0.2, -0.15) is 0 Å². The third-order valence-corrected chi connectivity index (χ3v) is 4.04. The number of rotatable bonds is 2. The van der Waals surface area contributed by atoms with Crippen molar-refractivity contribution in [2.75, 3.05) is 7.11 Å². The number of thiazole rings is 1. The molecule has 0 spiro atoms. The van der Waals surface area contributed by atoms with E-state index in [4.69, 9.17) is 0 Å². The largest absolute Gasteiger partial charge is 0.465 e. The monoisotopic (exact) mass is 290 g/mol. The Morgan fingerprint density at radius 1 is 1.40 bits per heavy atom. The van der Waals surface area contributed by atoms with Crippen LogP contribution in [0, 0.1) is 12.7 Å². The Balaban J connectivity index is 2.16. The van der Waals surface area contributed by atoms with Crippen LogP contribution < -0.4 is 0 Å². The number of hydrogen-bond donors (Lipinski definition) is 0. The molecule has 102 valence electrons. The third kappa shape index (κ3) is 1.89. The molecule has 0 unspecified atom stereocenters. The van der Waals surface area contributed by atoms with Gasteiger partial charge in [-0.1, -0.05) is 23.5 Å². The van der Waals surface area contributed by atoms with Crippen molar-refractivity contribution in [2.45, 2.75) is 6.92 Å². The summed E-state index contributed by atoms with van der Waals surface area (Å²) in [6.45, 7) is 1.84. The van der Waals surface area contributed by atoms with Crippen LogP contribution in [-0.2, 0) is 4.74 Å². The van der Waals surface area contributed by atoms with Crippen LogP contribution in [0.25, 0.3) is 16.2 Å². The van der Waals surface area contributed by atoms with Gasteiger partial charge in [0.25, 0.3) is 0 Å². The van der Waals surface area contributed by atoms with Crippen LogP contribution in [0.15, 0.2) is 30.5 Å². The van der Waals surface area contributed by atoms with Crippen molar-refractivity contribution in [1.82, 2.24) is 9.38 Å². The summed E-state index contributed by atoms with van der Waals surface area (Å²) in [5, 5.41) is 0. The van der Waals surface area contributed by atoms with Gasteiger partial charge in [-0.3, -0.25) is 4.40 Å². The molecule has 0 saturated heterocycles. The van der Waals surface area contributed by atoms with Crippen molar-refractivity contribution in [3.8, 4) is 11.3 Å². The second-order valence-electron chi connectivity index (χ2n) is 4.27. The number of esters is 1. The van der Waals surface area contributed by atoms with Crippen molar-refractivity contribution < 1.29 is 13.9 Å². The summed E-state index contributed by atoms with van der Waals surface area (Å²) in [6, 6.07) is 6.51. The smallest absolute Gasteiger partial charge is 0.349 e. The first-order valence-corrected chi connectivity index (χ1v) is 6.75. The number of carbonyl (C=O) groups is 1. The number of aromatic nitrogens is 2. The van der Waals surface area contributed by atoms with Gasteiger partial charge in [0.2, 0.25) is 0 Å². The van der Waals surface area contributed by atoms with E-state index in [1.807, 2.05) is 6.92 Å². The molecular formula is C14H11FN2O2S. The molecule has 20 heavy (non-hydrogen) atoms. The van der Waals surface area contributed by atoms with Gasteiger partial charge in [0.15, 0.2) is 4.96 Å². The molecule has 0 atom stereocenters. The number of imidazole rings is 1. The lowest BCUT2D eigenvalue weighted by atomic mass is 10.1. The predicted molar refractivity (Wildman–Crippen MR) is 74.5 cm³/mol. The Morgan fingerprint density at radius 2 is 2.15 bits per heavy atom. The van der Waals surface area contributed by atoms with Crippen molar-refractivity contribution in [2.24, 2.45) is 0 Å². The lowest BCUT2D eigenvalue weighted by Gasteiger charge is -2.00. The lowest BCUT2D eigenvalue weighted by molar-refractivity contribution is 0.0606. The SMILES string of the molecule is COC(=O)c1cn2c(C)c(-c3ccccc3F)nc2s1. The molecule has 0 saturated carbocycles. The zero-order chi connectivity index (χ0) is 14.3. The number of hydrogen-bond acceptors (Lipinski definition) is 4. The van der Waals surface area contributed by atoms with Gasteiger partial charge in [-0.25, -0.2) is 14.2 Å². The number of fused-ring (bicyclic) bond motifs is 1. The van der Waals surface area contributed by atoms with Crippen molar-refractivity contribution in [3.05, 3.63) is 46.9 Å². The Labute approximate surface area is 118 Å². The molecule has 0 N–H and O–H groups in total. The second kappa shape index (κ2) is 4.72. The second-order valence-corrected chi connectivity index (χ2v) is 5.27. The Hall–Kier alpha value is -2.21. The predicted octanol–water partition coefficient (Wildman–Crippen LogP) is 3.30. The molecule has 3 aromatic rings. The van der Waals surface area contributed by atoms with E-state index in [2.05, 4.69) is 9.72 Å². The van der Waals surface area contributed by atoms with Crippen LogP contribution in [0.2, 0.25) is 0 Å². The molecule has 2 aromatic heterocycles. The summed E-state index contributed by atoms with van der Waals surface area (Å²) in [7, 11) is 1.34. The molecule has 0 aliphatic carbocycles. The number of ether oxygens (including phenoxy) is 1. The maximum absolute atomic E-state index is 13.8. The average Bonchev–Trinajstić information content (AvgIpc) is 2.99. The number of benzene rings is 1. The summed E-state index contributed by atoms with van der Waals surface area (Å²) >= 11 is 1.22. The number of methoxy groups -OCH3 is 1. The average molecular weight is 290 g/mol. The van der Waals surface area contributed by atoms with E-state index in [0.29, 0.717) is 21.1 Å². The van der Waals surface area contributed by atoms with Gasteiger partial charge in [-0.15, -0.1) is 0 Å². The highest BCUT2D eigenvalue weighted by atomic mass is 32.1. The van der Waals surface area contributed by atoms with Crippen LogP contribution in [-0.4, -0.2) is 22.5 Å². The van der Waals surface area contributed by atoms with Crippen LogP contribution >= 0.6 is 11.3 Å². The van der Waals surface area contributed by atoms with E-state index in [0.717, 1.165) is 5.69 Å². The standard InChI is InChI=1S/C14H11FN2O2S/c1-8-12(9-5-3-4-6-10(9)15)16-14-17(8)7-11(20-14)13(18)19-2/h3-7H,1-2H3. The molecule has 0 bridgehead atoms. The highest BCUT2D eigenvalue weighted by molar-refractivity contribution is 7.18. The minimum atomic E-state index is -0.396. The van der Waals surface area contributed by atoms with E-state index >= 15 is 0 Å². The molecule has 4 nitrogen and oxygen atoms in total. The lowest BCUT2D eigenvalue weighted by Crippen LogP contribution is -1.98. The van der Waals surface area contributed by atoms with E-state index < -0.39 is 5.97 Å². The normalized spacial score (nSPS) is 10.9. The van der Waals surface area contributed by atoms with Crippen molar-refractivity contribution in [1.29, 1.82) is 0 Å². The van der Waals surface area contributed by atoms with E-state index in [9.17, 15) is 9.18 Å². The first-order valence-electron chi connectivity index (χ1n) is 5.93. The van der Waals surface area contributed by atoms with Crippen molar-refractivity contribution in [3.63, 3.8) is 0 Å². The highest BCUT2D eigenvalue weighted by Crippen LogP contribution is 2.29. The molecule has 0 aliphatic heterocycles. The minimum absolute atomic E-state index is 0.311. The maximum Gasteiger partial charge on any atom is 0.349 e. The number of carbonyl (C=O) groups excluding carboxylic acids is 1. The fourth-order valence-electron chi connectivity index (χ4n) is 2.06. The molecule has 1 aromatic carbocycles. The first-order chi connectivity index (χ1) is 9.61. The van der Waals surface area contributed by atoms with Crippen LogP contribution in [0.1, 0.15) is 15.4 Å². The van der Waals surface area contributed by atoms with E-state index in [1.165, 1.54) is 24.5 Å². The quantitative estimate of drug-likeness (QED) is 0.680. The molecule has 0 amide bonds. The van der Waals surface area contributed by atoms with E-state index in [-0.39, 0.29) is 5.82 Å². The van der Waals surface area contributed by atoms with Crippen molar-refractivity contribution >= 4 is 22.3 Å². The van der Waals surface area contributed by atoms with Crippen LogP contribution in [0.5, 0.6) is 0 Å².